The highest BCUT2D eigenvalue weighted by molar-refractivity contribution is 6.35. The van der Waals surface area contributed by atoms with Gasteiger partial charge in [0.25, 0.3) is 23.2 Å². The number of aryl methyl sites for hydroxylation is 2. The number of anilines is 2. The predicted octanol–water partition coefficient (Wildman–Crippen LogP) is 3.88. The Morgan fingerprint density at radius 3 is 2.30 bits per heavy atom. The molecule has 1 fully saturated rings. The van der Waals surface area contributed by atoms with Gasteiger partial charge in [-0.25, -0.2) is 4.90 Å². The number of amides is 3. The maximum atomic E-state index is 13.0. The number of nitrogens with zero attached hydrogens (tertiary/aromatic N) is 4. The van der Waals surface area contributed by atoms with Gasteiger partial charge < -0.3 is 9.64 Å². The minimum atomic E-state index is -0.832. The van der Waals surface area contributed by atoms with Gasteiger partial charge in [-0.05, 0) is 49.7 Å². The molecule has 13 nitrogen and oxygen atoms in total. The number of fused-ring (bicyclic) bond motifs is 1. The molecule has 0 bridgehead atoms. The molecule has 1 saturated heterocycles. The van der Waals surface area contributed by atoms with E-state index in [2.05, 4.69) is 0 Å². The van der Waals surface area contributed by atoms with Gasteiger partial charge in [0.05, 0.1) is 32.7 Å². The van der Waals surface area contributed by atoms with Gasteiger partial charge in [-0.3, -0.25) is 39.4 Å². The number of nitro benzene ring substituents is 2. The van der Waals surface area contributed by atoms with Crippen LogP contribution < -0.4 is 14.5 Å². The van der Waals surface area contributed by atoms with E-state index in [4.69, 9.17) is 4.74 Å². The minimum absolute atomic E-state index is 0.0250. The Labute approximate surface area is 225 Å². The van der Waals surface area contributed by atoms with Crippen LogP contribution in [0.4, 0.5) is 22.7 Å². The zero-order valence-electron chi connectivity index (χ0n) is 21.2. The summed E-state index contributed by atoms with van der Waals surface area (Å²) in [6, 6.07) is 12.4. The SMILES string of the molecule is Cc1cc(OC(=O)[C@@H]2CC(=O)N(c3ccc(C)c([N+](=O)[O-])c3)C2)ccc1N1C(=O)c2cccc([N+](=O)[O-])c2C1=O. The van der Waals surface area contributed by atoms with Crippen molar-refractivity contribution in [3.63, 3.8) is 0 Å². The van der Waals surface area contributed by atoms with E-state index >= 15 is 0 Å². The molecule has 0 radical (unpaired) electrons. The summed E-state index contributed by atoms with van der Waals surface area (Å²) < 4.78 is 5.47. The highest BCUT2D eigenvalue weighted by Crippen LogP contribution is 2.36. The third-order valence-corrected chi connectivity index (χ3v) is 6.88. The molecule has 202 valence electrons. The molecule has 0 aromatic heterocycles. The van der Waals surface area contributed by atoms with Gasteiger partial charge in [-0.1, -0.05) is 12.1 Å². The van der Waals surface area contributed by atoms with Crippen molar-refractivity contribution in [2.75, 3.05) is 16.3 Å². The first kappa shape index (κ1) is 26.2. The first-order valence-electron chi connectivity index (χ1n) is 12.0. The Kier molecular flexibility index (Phi) is 6.34. The van der Waals surface area contributed by atoms with E-state index in [1.54, 1.807) is 19.9 Å². The lowest BCUT2D eigenvalue weighted by atomic mass is 10.1. The van der Waals surface area contributed by atoms with Gasteiger partial charge >= 0.3 is 5.97 Å². The average Bonchev–Trinajstić information content (AvgIpc) is 3.41. The molecule has 3 aromatic carbocycles. The molecule has 1 atom stereocenters. The molecule has 2 aliphatic heterocycles. The van der Waals surface area contributed by atoms with Gasteiger partial charge in [0, 0.05) is 30.7 Å². The number of hydrogen-bond donors (Lipinski definition) is 0. The second-order valence-corrected chi connectivity index (χ2v) is 9.41. The number of imide groups is 1. The first-order valence-corrected chi connectivity index (χ1v) is 12.0. The summed E-state index contributed by atoms with van der Waals surface area (Å²) >= 11 is 0. The quantitative estimate of drug-likeness (QED) is 0.147. The minimum Gasteiger partial charge on any atom is -0.426 e. The van der Waals surface area contributed by atoms with E-state index in [0.29, 0.717) is 16.8 Å². The van der Waals surface area contributed by atoms with Crippen molar-refractivity contribution in [2.24, 2.45) is 5.92 Å². The molecule has 0 saturated carbocycles. The molecular formula is C27H20N4O9. The third kappa shape index (κ3) is 4.32. The van der Waals surface area contributed by atoms with Crippen LogP contribution in [0.25, 0.3) is 0 Å². The van der Waals surface area contributed by atoms with E-state index in [1.807, 2.05) is 0 Å². The van der Waals surface area contributed by atoms with Crippen molar-refractivity contribution >= 4 is 46.4 Å². The summed E-state index contributed by atoms with van der Waals surface area (Å²) in [5.41, 5.74) is 0.322. The van der Waals surface area contributed by atoms with Crippen molar-refractivity contribution in [1.82, 2.24) is 0 Å². The standard InChI is InChI=1S/C27H20N4O9/c1-14-6-7-17(12-22(14)31(38)39)28-13-16(11-23(28)32)27(35)40-18-8-9-20(15(2)10-18)29-25(33)19-4-3-5-21(30(36)37)24(19)26(29)34/h3-10,12,16H,11,13H2,1-2H3/t16-/m1/s1. The first-order chi connectivity index (χ1) is 19.0. The number of carbonyl (C=O) groups is 4. The second kappa shape index (κ2) is 9.69. The lowest BCUT2D eigenvalue weighted by molar-refractivity contribution is -0.385. The zero-order valence-corrected chi connectivity index (χ0v) is 21.2. The third-order valence-electron chi connectivity index (χ3n) is 6.88. The Morgan fingerprint density at radius 2 is 1.62 bits per heavy atom. The normalized spacial score (nSPS) is 16.4. The van der Waals surface area contributed by atoms with Crippen LogP contribution in [-0.4, -0.2) is 40.1 Å². The molecule has 0 N–H and O–H groups in total. The number of ether oxygens (including phenoxy) is 1. The number of rotatable bonds is 6. The fraction of sp³-hybridized carbons (Fsp3) is 0.185. The molecular weight excluding hydrogens is 524 g/mol. The fourth-order valence-corrected chi connectivity index (χ4v) is 4.86. The van der Waals surface area contributed by atoms with Crippen molar-refractivity contribution in [1.29, 1.82) is 0 Å². The molecule has 2 heterocycles. The summed E-state index contributed by atoms with van der Waals surface area (Å²) in [5, 5.41) is 22.7. The van der Waals surface area contributed by atoms with Gasteiger partial charge in [-0.15, -0.1) is 0 Å². The van der Waals surface area contributed by atoms with E-state index in [-0.39, 0.29) is 47.1 Å². The fourth-order valence-electron chi connectivity index (χ4n) is 4.86. The highest BCUT2D eigenvalue weighted by atomic mass is 16.6. The molecule has 0 aliphatic carbocycles. The smallest absolute Gasteiger partial charge is 0.316 e. The number of carbonyl (C=O) groups excluding carboxylic acids is 4. The summed E-state index contributed by atoms with van der Waals surface area (Å²) in [7, 11) is 0. The van der Waals surface area contributed by atoms with Crippen LogP contribution in [0.1, 0.15) is 38.3 Å². The van der Waals surface area contributed by atoms with Gasteiger partial charge in [0.2, 0.25) is 5.91 Å². The maximum Gasteiger partial charge on any atom is 0.316 e. The predicted molar refractivity (Wildman–Crippen MR) is 139 cm³/mol. The summed E-state index contributed by atoms with van der Waals surface area (Å²) in [5.74, 6) is -3.35. The molecule has 0 spiro atoms. The summed E-state index contributed by atoms with van der Waals surface area (Å²) in [6.07, 6.45) is -0.147. The van der Waals surface area contributed by atoms with Crippen LogP contribution in [0.5, 0.6) is 5.75 Å². The lowest BCUT2D eigenvalue weighted by Gasteiger charge is -2.18. The molecule has 40 heavy (non-hydrogen) atoms. The summed E-state index contributed by atoms with van der Waals surface area (Å²) in [4.78, 5) is 75.0. The zero-order chi connectivity index (χ0) is 28.9. The Morgan fingerprint density at radius 1 is 0.900 bits per heavy atom. The number of hydrogen-bond acceptors (Lipinski definition) is 9. The van der Waals surface area contributed by atoms with E-state index in [9.17, 15) is 39.4 Å². The van der Waals surface area contributed by atoms with Crippen LogP contribution in [-0.2, 0) is 9.59 Å². The lowest BCUT2D eigenvalue weighted by Crippen LogP contribution is -2.30. The van der Waals surface area contributed by atoms with E-state index < -0.39 is 39.2 Å². The maximum absolute atomic E-state index is 13.0. The van der Waals surface area contributed by atoms with E-state index in [1.165, 1.54) is 47.4 Å². The number of esters is 1. The average molecular weight is 544 g/mol. The van der Waals surface area contributed by atoms with Gasteiger partial charge in [0.15, 0.2) is 0 Å². The molecule has 13 heteroatoms. The second-order valence-electron chi connectivity index (χ2n) is 9.41. The van der Waals surface area contributed by atoms with Gasteiger partial charge in [0.1, 0.15) is 11.3 Å². The van der Waals surface area contributed by atoms with Crippen molar-refractivity contribution < 1.29 is 33.8 Å². The molecule has 3 amide bonds. The van der Waals surface area contributed by atoms with Crippen molar-refractivity contribution in [3.05, 3.63) is 97.1 Å². The van der Waals surface area contributed by atoms with Gasteiger partial charge in [-0.2, -0.15) is 0 Å². The van der Waals surface area contributed by atoms with Crippen LogP contribution in [0, 0.1) is 40.0 Å². The van der Waals surface area contributed by atoms with E-state index in [0.717, 1.165) is 11.0 Å². The van der Waals surface area contributed by atoms with Crippen LogP contribution in [0.3, 0.4) is 0 Å². The largest absolute Gasteiger partial charge is 0.426 e. The highest BCUT2D eigenvalue weighted by Gasteiger charge is 2.42. The molecule has 3 aromatic rings. The Balaban J connectivity index is 1.32. The summed E-state index contributed by atoms with van der Waals surface area (Å²) in [6.45, 7) is 3.14. The molecule has 5 rings (SSSR count). The Hall–Kier alpha value is -5.46. The van der Waals surface area contributed by atoms with Crippen LogP contribution >= 0.6 is 0 Å². The number of benzene rings is 3. The van der Waals surface area contributed by atoms with Crippen molar-refractivity contribution in [3.8, 4) is 5.75 Å². The Bertz CT molecular complexity index is 1670. The molecule has 0 unspecified atom stereocenters. The monoisotopic (exact) mass is 544 g/mol. The number of nitro groups is 2. The van der Waals surface area contributed by atoms with Crippen LogP contribution in [0.15, 0.2) is 54.6 Å². The topological polar surface area (TPSA) is 170 Å². The van der Waals surface area contributed by atoms with Crippen LogP contribution in [0.2, 0.25) is 0 Å². The molecule has 2 aliphatic rings. The van der Waals surface area contributed by atoms with Crippen molar-refractivity contribution in [2.45, 2.75) is 20.3 Å².